The standard InChI is InChI=1S/C12H11N3O6S/c1-13-22(19,20)11-7-6-10(21-11)12(16)14-8-4-2-3-5-9(8)15(17)18/h2-7,13H,1H3,(H,14,16). The Kier molecular flexibility index (Phi) is 4.24. The van der Waals surface area contributed by atoms with Crippen molar-refractivity contribution in [2.24, 2.45) is 0 Å². The number of amides is 1. The molecule has 1 heterocycles. The summed E-state index contributed by atoms with van der Waals surface area (Å²) in [4.78, 5) is 22.2. The molecular weight excluding hydrogens is 314 g/mol. The van der Waals surface area contributed by atoms with E-state index in [0.717, 1.165) is 12.1 Å². The van der Waals surface area contributed by atoms with Crippen LogP contribution in [0.4, 0.5) is 11.4 Å². The third-order valence-corrected chi connectivity index (χ3v) is 3.97. The van der Waals surface area contributed by atoms with E-state index in [9.17, 15) is 23.3 Å². The quantitative estimate of drug-likeness (QED) is 0.630. The number of carbonyl (C=O) groups excluding carboxylic acids is 1. The van der Waals surface area contributed by atoms with Crippen molar-refractivity contribution in [3.63, 3.8) is 0 Å². The molecule has 2 N–H and O–H groups in total. The van der Waals surface area contributed by atoms with Gasteiger partial charge in [0.2, 0.25) is 5.09 Å². The van der Waals surface area contributed by atoms with Gasteiger partial charge in [-0.15, -0.1) is 0 Å². The second-order valence-corrected chi connectivity index (χ2v) is 5.87. The number of para-hydroxylation sites is 2. The topological polar surface area (TPSA) is 132 Å². The molecule has 2 rings (SSSR count). The number of anilines is 1. The number of hydrogen-bond donors (Lipinski definition) is 2. The van der Waals surface area contributed by atoms with E-state index < -0.39 is 25.9 Å². The van der Waals surface area contributed by atoms with Gasteiger partial charge in [0.05, 0.1) is 4.92 Å². The zero-order valence-electron chi connectivity index (χ0n) is 11.3. The van der Waals surface area contributed by atoms with Gasteiger partial charge in [0, 0.05) is 6.07 Å². The first-order valence-corrected chi connectivity index (χ1v) is 7.41. The van der Waals surface area contributed by atoms with Crippen LogP contribution in [-0.4, -0.2) is 26.3 Å². The Morgan fingerprint density at radius 3 is 2.55 bits per heavy atom. The molecule has 0 aliphatic heterocycles. The van der Waals surface area contributed by atoms with Gasteiger partial charge < -0.3 is 9.73 Å². The lowest BCUT2D eigenvalue weighted by Crippen LogP contribution is -2.18. The van der Waals surface area contributed by atoms with Crippen LogP contribution in [0.3, 0.4) is 0 Å². The van der Waals surface area contributed by atoms with Gasteiger partial charge in [-0.25, -0.2) is 13.1 Å². The summed E-state index contributed by atoms with van der Waals surface area (Å²) in [5.74, 6) is -1.08. The van der Waals surface area contributed by atoms with E-state index in [1.54, 1.807) is 0 Å². The monoisotopic (exact) mass is 325 g/mol. The Morgan fingerprint density at radius 2 is 1.91 bits per heavy atom. The Bertz CT molecular complexity index is 827. The highest BCUT2D eigenvalue weighted by molar-refractivity contribution is 7.89. The lowest BCUT2D eigenvalue weighted by atomic mass is 10.2. The van der Waals surface area contributed by atoms with Crippen LogP contribution in [0.1, 0.15) is 10.6 Å². The zero-order valence-corrected chi connectivity index (χ0v) is 12.1. The Hall–Kier alpha value is -2.72. The van der Waals surface area contributed by atoms with Crippen molar-refractivity contribution < 1.29 is 22.6 Å². The van der Waals surface area contributed by atoms with Crippen molar-refractivity contribution in [1.82, 2.24) is 4.72 Å². The molecule has 9 nitrogen and oxygen atoms in total. The molecule has 0 fully saturated rings. The van der Waals surface area contributed by atoms with Crippen LogP contribution in [0.2, 0.25) is 0 Å². The van der Waals surface area contributed by atoms with Crippen LogP contribution in [0.15, 0.2) is 45.9 Å². The fraction of sp³-hybridized carbons (Fsp3) is 0.0833. The number of nitrogens with zero attached hydrogens (tertiary/aromatic N) is 1. The smallest absolute Gasteiger partial charge is 0.292 e. The number of hydrogen-bond acceptors (Lipinski definition) is 6. The maximum absolute atomic E-state index is 12.0. The van der Waals surface area contributed by atoms with Crippen LogP contribution >= 0.6 is 0 Å². The van der Waals surface area contributed by atoms with Crippen molar-refractivity contribution in [3.05, 3.63) is 52.3 Å². The number of nitro benzene ring substituents is 1. The van der Waals surface area contributed by atoms with E-state index in [4.69, 9.17) is 4.42 Å². The number of nitro groups is 1. The van der Waals surface area contributed by atoms with Gasteiger partial charge in [-0.3, -0.25) is 14.9 Å². The minimum Gasteiger partial charge on any atom is -0.438 e. The molecule has 116 valence electrons. The highest BCUT2D eigenvalue weighted by atomic mass is 32.2. The van der Waals surface area contributed by atoms with Gasteiger partial charge in [-0.05, 0) is 25.2 Å². The first-order valence-electron chi connectivity index (χ1n) is 5.93. The molecule has 0 spiro atoms. The molecule has 1 aromatic carbocycles. The van der Waals surface area contributed by atoms with Crippen LogP contribution in [-0.2, 0) is 10.0 Å². The molecule has 0 saturated carbocycles. The van der Waals surface area contributed by atoms with Gasteiger partial charge in [0.25, 0.3) is 21.6 Å². The van der Waals surface area contributed by atoms with Crippen molar-refractivity contribution in [2.75, 3.05) is 12.4 Å². The van der Waals surface area contributed by atoms with E-state index in [2.05, 4.69) is 5.32 Å². The maximum Gasteiger partial charge on any atom is 0.292 e. The second-order valence-electron chi connectivity index (χ2n) is 4.05. The second kappa shape index (κ2) is 5.95. The molecule has 22 heavy (non-hydrogen) atoms. The third kappa shape index (κ3) is 3.13. The highest BCUT2D eigenvalue weighted by Gasteiger charge is 2.21. The van der Waals surface area contributed by atoms with E-state index in [0.29, 0.717) is 0 Å². The molecular formula is C12H11N3O6S. The summed E-state index contributed by atoms with van der Waals surface area (Å²) in [7, 11) is -2.61. The Morgan fingerprint density at radius 1 is 1.23 bits per heavy atom. The van der Waals surface area contributed by atoms with Crippen LogP contribution in [0, 0.1) is 10.1 Å². The summed E-state index contributed by atoms with van der Waals surface area (Å²) in [6, 6.07) is 7.83. The van der Waals surface area contributed by atoms with Crippen LogP contribution in [0.5, 0.6) is 0 Å². The van der Waals surface area contributed by atoms with Crippen LogP contribution < -0.4 is 10.0 Å². The normalized spacial score (nSPS) is 11.1. The molecule has 0 saturated heterocycles. The minimum absolute atomic E-state index is 0.0214. The molecule has 10 heteroatoms. The first kappa shape index (κ1) is 15.7. The molecule has 1 aromatic heterocycles. The summed E-state index contributed by atoms with van der Waals surface area (Å²) >= 11 is 0. The highest BCUT2D eigenvalue weighted by Crippen LogP contribution is 2.24. The number of furan rings is 1. The summed E-state index contributed by atoms with van der Waals surface area (Å²) in [5.41, 5.74) is -0.308. The van der Waals surface area contributed by atoms with Gasteiger partial charge in [-0.2, -0.15) is 0 Å². The molecule has 0 bridgehead atoms. The molecule has 1 amide bonds. The fourth-order valence-corrected chi connectivity index (χ4v) is 2.26. The summed E-state index contributed by atoms with van der Waals surface area (Å²) in [6.07, 6.45) is 0. The SMILES string of the molecule is CNS(=O)(=O)c1ccc(C(=O)Nc2ccccc2[N+](=O)[O-])o1. The number of nitrogens with one attached hydrogen (secondary N) is 2. The largest absolute Gasteiger partial charge is 0.438 e. The van der Waals surface area contributed by atoms with Gasteiger partial charge in [0.1, 0.15) is 5.69 Å². The number of rotatable bonds is 5. The number of sulfonamides is 1. The lowest BCUT2D eigenvalue weighted by molar-refractivity contribution is -0.383. The van der Waals surface area contributed by atoms with E-state index in [-0.39, 0.29) is 17.1 Å². The van der Waals surface area contributed by atoms with Gasteiger partial charge >= 0.3 is 0 Å². The molecule has 2 aromatic rings. The molecule has 0 aliphatic rings. The van der Waals surface area contributed by atoms with Crippen molar-refractivity contribution >= 4 is 27.3 Å². The predicted molar refractivity (Wildman–Crippen MR) is 76.0 cm³/mol. The van der Waals surface area contributed by atoms with Gasteiger partial charge in [0.15, 0.2) is 5.76 Å². The summed E-state index contributed by atoms with van der Waals surface area (Å²) in [6.45, 7) is 0. The average molecular weight is 325 g/mol. The van der Waals surface area contributed by atoms with E-state index in [1.165, 1.54) is 31.3 Å². The molecule has 0 atom stereocenters. The summed E-state index contributed by atoms with van der Waals surface area (Å²) in [5, 5.41) is 12.7. The summed E-state index contributed by atoms with van der Waals surface area (Å²) < 4.78 is 30.0. The molecule has 0 unspecified atom stereocenters. The first-order chi connectivity index (χ1) is 10.3. The number of benzene rings is 1. The van der Waals surface area contributed by atoms with Gasteiger partial charge in [-0.1, -0.05) is 12.1 Å². The number of carbonyl (C=O) groups is 1. The zero-order chi connectivity index (χ0) is 16.3. The maximum atomic E-state index is 12.0. The van der Waals surface area contributed by atoms with Crippen LogP contribution in [0.25, 0.3) is 0 Å². The Balaban J connectivity index is 2.26. The average Bonchev–Trinajstić information content (AvgIpc) is 2.98. The molecule has 0 radical (unpaired) electrons. The third-order valence-electron chi connectivity index (χ3n) is 2.69. The Labute approximate surface area is 125 Å². The van der Waals surface area contributed by atoms with Crippen molar-refractivity contribution in [3.8, 4) is 0 Å². The van der Waals surface area contributed by atoms with E-state index in [1.807, 2.05) is 4.72 Å². The fourth-order valence-electron chi connectivity index (χ4n) is 1.61. The lowest BCUT2D eigenvalue weighted by Gasteiger charge is -2.03. The van der Waals surface area contributed by atoms with E-state index >= 15 is 0 Å². The van der Waals surface area contributed by atoms with Crippen molar-refractivity contribution in [2.45, 2.75) is 5.09 Å². The van der Waals surface area contributed by atoms with Crippen molar-refractivity contribution in [1.29, 1.82) is 0 Å². The minimum atomic E-state index is -3.81. The predicted octanol–water partition coefficient (Wildman–Crippen LogP) is 1.35. The molecule has 0 aliphatic carbocycles.